The number of nitrogens with zero attached hydrogens (tertiary/aromatic N) is 1. The Morgan fingerprint density at radius 2 is 2.25 bits per heavy atom. The minimum Gasteiger partial charge on any atom is -0.465 e. The van der Waals surface area contributed by atoms with Gasteiger partial charge in [-0.2, -0.15) is 0 Å². The molecule has 1 N–H and O–H groups in total. The van der Waals surface area contributed by atoms with Crippen LogP contribution < -0.4 is 5.32 Å². The number of hydrogen-bond donors (Lipinski definition) is 1. The molecule has 1 amide bonds. The van der Waals surface area contributed by atoms with Gasteiger partial charge in [-0.15, -0.1) is 0 Å². The molecule has 1 fully saturated rings. The van der Waals surface area contributed by atoms with Crippen molar-refractivity contribution in [2.75, 3.05) is 26.7 Å². The van der Waals surface area contributed by atoms with Gasteiger partial charge in [0.25, 0.3) is 0 Å². The first-order chi connectivity index (χ1) is 7.69. The minimum absolute atomic E-state index is 0.00880. The third-order valence-corrected chi connectivity index (χ3v) is 2.83. The topological polar surface area (TPSA) is 58.6 Å². The molecule has 92 valence electrons. The van der Waals surface area contributed by atoms with Crippen LogP contribution in [0.4, 0.5) is 0 Å². The Hall–Kier alpha value is -1.10. The third kappa shape index (κ3) is 3.48. The van der Waals surface area contributed by atoms with Crippen molar-refractivity contribution in [3.63, 3.8) is 0 Å². The minimum atomic E-state index is -0.156. The summed E-state index contributed by atoms with van der Waals surface area (Å²) >= 11 is 0. The van der Waals surface area contributed by atoms with Crippen molar-refractivity contribution in [1.29, 1.82) is 0 Å². The standard InChI is InChI=1S/C11H20N2O3/c1-3-16-11(15)9-5-4-7-13(9)8-6-10(14)12-2/h9H,3-8H2,1-2H3,(H,12,14). The molecule has 16 heavy (non-hydrogen) atoms. The van der Waals surface area contributed by atoms with E-state index in [0.29, 0.717) is 19.6 Å². The smallest absolute Gasteiger partial charge is 0.323 e. The van der Waals surface area contributed by atoms with Crippen molar-refractivity contribution in [2.24, 2.45) is 0 Å². The molecular formula is C11H20N2O3. The van der Waals surface area contributed by atoms with E-state index in [4.69, 9.17) is 4.74 Å². The fraction of sp³-hybridized carbons (Fsp3) is 0.818. The Morgan fingerprint density at radius 1 is 1.50 bits per heavy atom. The van der Waals surface area contributed by atoms with Crippen LogP contribution >= 0.6 is 0 Å². The summed E-state index contributed by atoms with van der Waals surface area (Å²) in [6.07, 6.45) is 2.27. The summed E-state index contributed by atoms with van der Waals surface area (Å²) in [7, 11) is 1.62. The van der Waals surface area contributed by atoms with Gasteiger partial charge in [0.15, 0.2) is 0 Å². The summed E-state index contributed by atoms with van der Waals surface area (Å²) in [6.45, 7) is 3.73. The van der Waals surface area contributed by atoms with Crippen LogP contribution in [0, 0.1) is 0 Å². The van der Waals surface area contributed by atoms with E-state index in [0.717, 1.165) is 19.4 Å². The number of amides is 1. The second kappa shape index (κ2) is 6.48. The average Bonchev–Trinajstić information content (AvgIpc) is 2.74. The van der Waals surface area contributed by atoms with Crippen LogP contribution in [-0.2, 0) is 14.3 Å². The highest BCUT2D eigenvalue weighted by molar-refractivity contribution is 5.77. The number of rotatable bonds is 5. The van der Waals surface area contributed by atoms with Crippen LogP contribution in [0.1, 0.15) is 26.2 Å². The Morgan fingerprint density at radius 3 is 2.88 bits per heavy atom. The van der Waals surface area contributed by atoms with Gasteiger partial charge < -0.3 is 10.1 Å². The number of hydrogen-bond acceptors (Lipinski definition) is 4. The maximum Gasteiger partial charge on any atom is 0.323 e. The van der Waals surface area contributed by atoms with Gasteiger partial charge in [0, 0.05) is 20.0 Å². The van der Waals surface area contributed by atoms with Gasteiger partial charge in [0.1, 0.15) is 6.04 Å². The maximum absolute atomic E-state index is 11.6. The van der Waals surface area contributed by atoms with E-state index < -0.39 is 0 Å². The Balaban J connectivity index is 2.39. The summed E-state index contributed by atoms with van der Waals surface area (Å²) < 4.78 is 5.01. The Kier molecular flexibility index (Phi) is 5.25. The number of esters is 1. The molecule has 1 aliphatic heterocycles. The first-order valence-electron chi connectivity index (χ1n) is 5.80. The van der Waals surface area contributed by atoms with Gasteiger partial charge in [0.2, 0.25) is 5.91 Å². The second-order valence-corrected chi connectivity index (χ2v) is 3.87. The van der Waals surface area contributed by atoms with Crippen molar-refractivity contribution >= 4 is 11.9 Å². The van der Waals surface area contributed by atoms with E-state index in [-0.39, 0.29) is 17.9 Å². The quantitative estimate of drug-likeness (QED) is 0.680. The monoisotopic (exact) mass is 228 g/mol. The molecule has 1 atom stereocenters. The molecule has 0 aromatic rings. The summed E-state index contributed by atoms with van der Waals surface area (Å²) in [5, 5.41) is 2.58. The lowest BCUT2D eigenvalue weighted by molar-refractivity contribution is -0.148. The number of likely N-dealkylation sites (tertiary alicyclic amines) is 1. The highest BCUT2D eigenvalue weighted by atomic mass is 16.5. The van der Waals surface area contributed by atoms with Gasteiger partial charge in [-0.05, 0) is 26.3 Å². The molecule has 0 spiro atoms. The maximum atomic E-state index is 11.6. The molecule has 0 aromatic heterocycles. The van der Waals surface area contributed by atoms with Crippen LogP contribution in [0.2, 0.25) is 0 Å². The number of ether oxygens (including phenoxy) is 1. The number of carbonyl (C=O) groups excluding carboxylic acids is 2. The van der Waals surface area contributed by atoms with Crippen molar-refractivity contribution in [1.82, 2.24) is 10.2 Å². The number of carbonyl (C=O) groups is 2. The van der Waals surface area contributed by atoms with Gasteiger partial charge in [-0.1, -0.05) is 0 Å². The number of nitrogens with one attached hydrogen (secondary N) is 1. The average molecular weight is 228 g/mol. The molecule has 1 aliphatic rings. The van der Waals surface area contributed by atoms with Crippen LogP contribution in [0.15, 0.2) is 0 Å². The predicted molar refractivity (Wildman–Crippen MR) is 59.9 cm³/mol. The molecule has 0 aliphatic carbocycles. The predicted octanol–water partition coefficient (Wildman–Crippen LogP) is 0.150. The van der Waals surface area contributed by atoms with Crippen LogP contribution in [0.3, 0.4) is 0 Å². The SMILES string of the molecule is CCOC(=O)C1CCCN1CCC(=O)NC. The van der Waals surface area contributed by atoms with Crippen molar-refractivity contribution in [3.05, 3.63) is 0 Å². The van der Waals surface area contributed by atoms with Crippen LogP contribution in [0.25, 0.3) is 0 Å². The highest BCUT2D eigenvalue weighted by Gasteiger charge is 2.31. The summed E-state index contributed by atoms with van der Waals surface area (Å²) in [5.74, 6) is -0.147. The van der Waals surface area contributed by atoms with E-state index in [1.807, 2.05) is 11.8 Å². The van der Waals surface area contributed by atoms with E-state index >= 15 is 0 Å². The molecule has 1 unspecified atom stereocenters. The highest BCUT2D eigenvalue weighted by Crippen LogP contribution is 2.18. The zero-order chi connectivity index (χ0) is 12.0. The summed E-state index contributed by atoms with van der Waals surface area (Å²) in [5.41, 5.74) is 0. The van der Waals surface area contributed by atoms with Crippen molar-refractivity contribution in [3.8, 4) is 0 Å². The molecular weight excluding hydrogens is 208 g/mol. The molecule has 5 heteroatoms. The Bertz CT molecular complexity index is 256. The molecule has 5 nitrogen and oxygen atoms in total. The largest absolute Gasteiger partial charge is 0.465 e. The summed E-state index contributed by atoms with van der Waals surface area (Å²) in [6, 6.07) is -0.149. The van der Waals surface area contributed by atoms with E-state index in [2.05, 4.69) is 5.32 Å². The zero-order valence-corrected chi connectivity index (χ0v) is 9.99. The van der Waals surface area contributed by atoms with Crippen LogP contribution in [0.5, 0.6) is 0 Å². The van der Waals surface area contributed by atoms with Crippen LogP contribution in [-0.4, -0.2) is 49.6 Å². The molecule has 1 heterocycles. The molecule has 1 rings (SSSR count). The van der Waals surface area contributed by atoms with Gasteiger partial charge in [0.05, 0.1) is 6.61 Å². The van der Waals surface area contributed by atoms with Gasteiger partial charge in [-0.3, -0.25) is 14.5 Å². The molecule has 1 saturated heterocycles. The molecule has 0 bridgehead atoms. The van der Waals surface area contributed by atoms with Crippen molar-refractivity contribution in [2.45, 2.75) is 32.2 Å². The van der Waals surface area contributed by atoms with Crippen molar-refractivity contribution < 1.29 is 14.3 Å². The van der Waals surface area contributed by atoms with E-state index in [1.54, 1.807) is 7.05 Å². The molecule has 0 aromatic carbocycles. The summed E-state index contributed by atoms with van der Waals surface area (Å²) in [4.78, 5) is 24.8. The fourth-order valence-corrected chi connectivity index (χ4v) is 1.97. The van der Waals surface area contributed by atoms with Gasteiger partial charge >= 0.3 is 5.97 Å². The first-order valence-corrected chi connectivity index (χ1v) is 5.80. The normalized spacial score (nSPS) is 20.8. The van der Waals surface area contributed by atoms with Gasteiger partial charge in [-0.25, -0.2) is 0 Å². The lowest BCUT2D eigenvalue weighted by atomic mass is 10.2. The second-order valence-electron chi connectivity index (χ2n) is 3.87. The Labute approximate surface area is 96.1 Å². The van der Waals surface area contributed by atoms with E-state index in [1.165, 1.54) is 0 Å². The zero-order valence-electron chi connectivity index (χ0n) is 9.99. The molecule has 0 saturated carbocycles. The van der Waals surface area contributed by atoms with E-state index in [9.17, 15) is 9.59 Å². The molecule has 0 radical (unpaired) electrons. The lowest BCUT2D eigenvalue weighted by Crippen LogP contribution is -2.39. The first kappa shape index (κ1) is 13.0. The third-order valence-electron chi connectivity index (χ3n) is 2.83. The lowest BCUT2D eigenvalue weighted by Gasteiger charge is -2.22. The fourth-order valence-electron chi connectivity index (χ4n) is 1.97.